The van der Waals surface area contributed by atoms with Gasteiger partial charge in [-0.05, 0) is 87.5 Å². The van der Waals surface area contributed by atoms with E-state index >= 15 is 0 Å². The van der Waals surface area contributed by atoms with E-state index in [-0.39, 0.29) is 35.8 Å². The van der Waals surface area contributed by atoms with Gasteiger partial charge >= 0.3 is 11.9 Å². The second-order valence-corrected chi connectivity index (χ2v) is 14.1. The summed E-state index contributed by atoms with van der Waals surface area (Å²) in [5.41, 5.74) is -1.97. The van der Waals surface area contributed by atoms with Gasteiger partial charge in [0.2, 0.25) is 5.43 Å². The van der Waals surface area contributed by atoms with Gasteiger partial charge in [0, 0.05) is 24.5 Å². The summed E-state index contributed by atoms with van der Waals surface area (Å²) in [6, 6.07) is 2.79. The number of hydrogen-bond acceptors (Lipinski definition) is 9. The zero-order chi connectivity index (χ0) is 30.5. The number of hydrogen-bond donors (Lipinski definition) is 2. The predicted molar refractivity (Wildman–Crippen MR) is 152 cm³/mol. The summed E-state index contributed by atoms with van der Waals surface area (Å²) in [4.78, 5) is 38.0. The predicted octanol–water partition coefficient (Wildman–Crippen LogP) is 4.18. The second-order valence-electron chi connectivity index (χ2n) is 14.1. The van der Waals surface area contributed by atoms with Crippen LogP contribution in [0.5, 0.6) is 11.5 Å². The molecular weight excluding hydrogens is 540 g/mol. The van der Waals surface area contributed by atoms with E-state index in [2.05, 4.69) is 26.0 Å². The summed E-state index contributed by atoms with van der Waals surface area (Å²) >= 11 is 0. The summed E-state index contributed by atoms with van der Waals surface area (Å²) in [5, 5.41) is 22.4. The third-order valence-corrected chi connectivity index (χ3v) is 10.6. The van der Waals surface area contributed by atoms with E-state index < -0.39 is 46.1 Å². The summed E-state index contributed by atoms with van der Waals surface area (Å²) in [7, 11) is 0. The zero-order valence-electron chi connectivity index (χ0n) is 25.1. The van der Waals surface area contributed by atoms with Crippen molar-refractivity contribution in [1.29, 1.82) is 0 Å². The van der Waals surface area contributed by atoms with Crippen LogP contribution >= 0.6 is 0 Å². The van der Waals surface area contributed by atoms with Gasteiger partial charge in [0.05, 0.1) is 11.7 Å². The number of fused-ring (bicyclic) bond motifs is 3. The van der Waals surface area contributed by atoms with Crippen molar-refractivity contribution in [1.82, 2.24) is 0 Å². The third-order valence-electron chi connectivity index (χ3n) is 10.6. The molecule has 9 nitrogen and oxygen atoms in total. The summed E-state index contributed by atoms with van der Waals surface area (Å²) < 4.78 is 25.2. The molecule has 0 saturated carbocycles. The molecule has 2 fully saturated rings. The van der Waals surface area contributed by atoms with Crippen LogP contribution in [0.2, 0.25) is 0 Å². The van der Waals surface area contributed by atoms with Crippen LogP contribution in [0.1, 0.15) is 77.8 Å². The SMILES string of the molecule is CC1=CC(=O)O[C@@]23CC(=O)O[C@@]12C[C@H]1C[C@H](O)[C@@]2(C)Oc4cc(=O)c(O)cc(C)c4C[C@H]2CC(C)(C)/C=C\C[C@]1(C)O3. The quantitative estimate of drug-likeness (QED) is 0.343. The average Bonchev–Trinajstić information content (AvgIpc) is 3.10. The maximum absolute atomic E-state index is 12.8. The highest BCUT2D eigenvalue weighted by atomic mass is 16.8. The molecule has 5 aliphatic rings. The Labute approximate surface area is 245 Å². The van der Waals surface area contributed by atoms with E-state index in [9.17, 15) is 24.6 Å². The molecule has 4 aliphatic heterocycles. The van der Waals surface area contributed by atoms with Gasteiger partial charge in [-0.3, -0.25) is 9.59 Å². The molecule has 0 aromatic heterocycles. The first-order valence-corrected chi connectivity index (χ1v) is 14.8. The normalized spacial score (nSPS) is 41.1. The molecule has 0 bridgehead atoms. The van der Waals surface area contributed by atoms with E-state index in [1.54, 1.807) is 6.92 Å². The molecule has 0 spiro atoms. The Bertz CT molecular complexity index is 1490. The van der Waals surface area contributed by atoms with Crippen molar-refractivity contribution >= 4 is 11.9 Å². The fraction of sp³-hybridized carbons (Fsp3) is 0.606. The summed E-state index contributed by atoms with van der Waals surface area (Å²) in [6.07, 6.45) is 6.65. The Balaban J connectivity index is 1.47. The van der Waals surface area contributed by atoms with Crippen LogP contribution < -0.4 is 10.2 Å². The Kier molecular flexibility index (Phi) is 6.31. The molecule has 226 valence electrons. The van der Waals surface area contributed by atoms with Crippen LogP contribution in [0.4, 0.5) is 0 Å². The minimum absolute atomic E-state index is 0.134. The van der Waals surface area contributed by atoms with Crippen molar-refractivity contribution in [2.45, 2.75) is 109 Å². The highest BCUT2D eigenvalue weighted by molar-refractivity contribution is 5.87. The molecule has 1 aromatic carbocycles. The first-order chi connectivity index (χ1) is 19.5. The van der Waals surface area contributed by atoms with Crippen LogP contribution in [-0.2, 0) is 30.2 Å². The fourth-order valence-corrected chi connectivity index (χ4v) is 8.08. The van der Waals surface area contributed by atoms with E-state index in [1.807, 2.05) is 20.8 Å². The van der Waals surface area contributed by atoms with E-state index in [0.29, 0.717) is 37.0 Å². The van der Waals surface area contributed by atoms with Crippen molar-refractivity contribution in [3.05, 3.63) is 57.3 Å². The lowest BCUT2D eigenvalue weighted by Gasteiger charge is -2.57. The number of aliphatic hydroxyl groups excluding tert-OH is 1. The van der Waals surface area contributed by atoms with E-state index in [1.165, 1.54) is 18.2 Å². The largest absolute Gasteiger partial charge is 0.504 e. The molecule has 0 radical (unpaired) electrons. The Hall–Kier alpha value is -3.17. The number of allylic oxidation sites excluding steroid dienone is 1. The number of ether oxygens (including phenoxy) is 4. The maximum Gasteiger partial charge on any atom is 0.333 e. The number of aromatic hydroxyl groups is 1. The van der Waals surface area contributed by atoms with E-state index in [4.69, 9.17) is 18.9 Å². The smallest absolute Gasteiger partial charge is 0.333 e. The second kappa shape index (κ2) is 9.16. The van der Waals surface area contributed by atoms with Crippen LogP contribution in [0.15, 0.2) is 40.7 Å². The number of carbonyl (C=O) groups is 2. The molecule has 0 unspecified atom stereocenters. The Morgan fingerprint density at radius 2 is 1.69 bits per heavy atom. The number of carbonyl (C=O) groups excluding carboxylic acids is 2. The van der Waals surface area contributed by atoms with Crippen LogP contribution in [0.3, 0.4) is 0 Å². The third kappa shape index (κ3) is 4.22. The van der Waals surface area contributed by atoms with Crippen LogP contribution in [0, 0.1) is 24.2 Å². The number of aliphatic hydroxyl groups is 1. The van der Waals surface area contributed by atoms with Gasteiger partial charge in [0.25, 0.3) is 5.79 Å². The van der Waals surface area contributed by atoms with Crippen molar-refractivity contribution < 1.29 is 38.7 Å². The van der Waals surface area contributed by atoms with Gasteiger partial charge in [-0.25, -0.2) is 4.79 Å². The minimum Gasteiger partial charge on any atom is -0.504 e. The minimum atomic E-state index is -1.58. The summed E-state index contributed by atoms with van der Waals surface area (Å²) in [6.45, 7) is 11.7. The average molecular weight is 581 g/mol. The highest BCUT2D eigenvalue weighted by Gasteiger charge is 2.73. The topological polar surface area (TPSA) is 129 Å². The number of aryl methyl sites for hydroxylation is 1. The van der Waals surface area contributed by atoms with Gasteiger partial charge in [-0.15, -0.1) is 0 Å². The zero-order valence-corrected chi connectivity index (χ0v) is 25.1. The lowest BCUT2D eigenvalue weighted by atomic mass is 9.64. The van der Waals surface area contributed by atoms with Gasteiger partial charge in [-0.1, -0.05) is 26.0 Å². The van der Waals surface area contributed by atoms with Crippen molar-refractivity contribution in [2.75, 3.05) is 0 Å². The molecule has 2 saturated heterocycles. The van der Waals surface area contributed by atoms with Gasteiger partial charge in [0.15, 0.2) is 11.4 Å². The monoisotopic (exact) mass is 580 g/mol. The summed E-state index contributed by atoms with van der Waals surface area (Å²) in [5.74, 6) is -3.10. The Morgan fingerprint density at radius 3 is 2.43 bits per heavy atom. The van der Waals surface area contributed by atoms with Gasteiger partial charge in [-0.2, -0.15) is 0 Å². The highest BCUT2D eigenvalue weighted by Crippen LogP contribution is 2.60. The molecule has 0 amide bonds. The van der Waals surface area contributed by atoms with Gasteiger partial charge in [0.1, 0.15) is 17.8 Å². The Morgan fingerprint density at radius 1 is 0.952 bits per heavy atom. The molecule has 2 N–H and O–H groups in total. The molecule has 6 rings (SSSR count). The molecule has 9 heteroatoms. The first kappa shape index (κ1) is 28.9. The molecular formula is C33H40O9. The first-order valence-electron chi connectivity index (χ1n) is 14.8. The molecule has 4 heterocycles. The van der Waals surface area contributed by atoms with E-state index in [0.717, 1.165) is 11.1 Å². The number of rotatable bonds is 0. The maximum atomic E-state index is 12.8. The molecule has 1 aliphatic carbocycles. The van der Waals surface area contributed by atoms with Crippen LogP contribution in [-0.4, -0.2) is 50.8 Å². The molecule has 7 atom stereocenters. The number of esters is 2. The molecule has 1 aromatic rings. The van der Waals surface area contributed by atoms with Crippen molar-refractivity contribution in [3.63, 3.8) is 0 Å². The van der Waals surface area contributed by atoms with Crippen molar-refractivity contribution in [2.24, 2.45) is 17.3 Å². The van der Waals surface area contributed by atoms with Gasteiger partial charge < -0.3 is 29.2 Å². The van der Waals surface area contributed by atoms with Crippen molar-refractivity contribution in [3.8, 4) is 11.5 Å². The fourth-order valence-electron chi connectivity index (χ4n) is 8.08. The standard InChI is InChI=1S/C33H40O9/c1-18-10-23(34)24(35)14-25-22(18)12-21-15-29(3,4)8-7-9-30(5)20(13-26(36)31(21,6)39-25)16-32-19(2)11-27(37)41-33(32,42-30)17-28(38)40-32/h7-8,10-11,14,20-21,26,36H,9,12-13,15-17H2,1-6H3,(H,34,35)/b8-7-/t20-,21+,26+,30+,31+,32+,33-/m1/s1. The lowest BCUT2D eigenvalue weighted by Crippen LogP contribution is -2.68. The molecule has 42 heavy (non-hydrogen) atoms. The lowest BCUT2D eigenvalue weighted by molar-refractivity contribution is -0.352. The van der Waals surface area contributed by atoms with Crippen LogP contribution in [0.25, 0.3) is 0 Å².